The second kappa shape index (κ2) is 3.27. The SMILES string of the molecule is CS(=O)(=O)N1CC[C@@H](N)[C@@H](F)C1. The van der Waals surface area contributed by atoms with E-state index in [9.17, 15) is 12.8 Å². The van der Waals surface area contributed by atoms with Crippen LogP contribution in [0.4, 0.5) is 4.39 Å². The lowest BCUT2D eigenvalue weighted by Crippen LogP contribution is -2.50. The molecule has 1 aliphatic rings. The number of hydrogen-bond donors (Lipinski definition) is 1. The van der Waals surface area contributed by atoms with E-state index in [1.54, 1.807) is 0 Å². The lowest BCUT2D eigenvalue weighted by atomic mass is 10.1. The number of alkyl halides is 1. The molecule has 1 aliphatic heterocycles. The van der Waals surface area contributed by atoms with E-state index in [0.29, 0.717) is 13.0 Å². The Labute approximate surface area is 71.6 Å². The molecule has 0 saturated carbocycles. The molecule has 1 saturated heterocycles. The maximum Gasteiger partial charge on any atom is 0.211 e. The van der Waals surface area contributed by atoms with Crippen LogP contribution in [0.2, 0.25) is 0 Å². The van der Waals surface area contributed by atoms with Crippen LogP contribution in [0.15, 0.2) is 0 Å². The first-order chi connectivity index (χ1) is 5.41. The molecule has 0 unspecified atom stereocenters. The van der Waals surface area contributed by atoms with E-state index in [1.807, 2.05) is 0 Å². The summed E-state index contributed by atoms with van der Waals surface area (Å²) in [5.41, 5.74) is 5.39. The molecule has 6 heteroatoms. The van der Waals surface area contributed by atoms with Gasteiger partial charge in [0.1, 0.15) is 6.17 Å². The summed E-state index contributed by atoms with van der Waals surface area (Å²) in [5, 5.41) is 0. The number of rotatable bonds is 1. The van der Waals surface area contributed by atoms with Crippen molar-refractivity contribution in [3.63, 3.8) is 0 Å². The number of hydrogen-bond acceptors (Lipinski definition) is 3. The Hall–Kier alpha value is -0.200. The molecule has 0 amide bonds. The van der Waals surface area contributed by atoms with Gasteiger partial charge in [-0.05, 0) is 6.42 Å². The van der Waals surface area contributed by atoms with Crippen LogP contribution >= 0.6 is 0 Å². The third-order valence-corrected chi connectivity index (χ3v) is 3.29. The minimum absolute atomic E-state index is 0.0972. The molecule has 72 valence electrons. The Balaban J connectivity index is 2.64. The Bertz CT molecular complexity index is 254. The third kappa shape index (κ3) is 2.15. The Morgan fingerprint density at radius 1 is 1.58 bits per heavy atom. The fourth-order valence-electron chi connectivity index (χ4n) is 1.20. The third-order valence-electron chi connectivity index (χ3n) is 2.02. The highest BCUT2D eigenvalue weighted by atomic mass is 32.2. The van der Waals surface area contributed by atoms with Crippen LogP contribution in [0.5, 0.6) is 0 Å². The van der Waals surface area contributed by atoms with Gasteiger partial charge in [-0.15, -0.1) is 0 Å². The number of piperidine rings is 1. The van der Waals surface area contributed by atoms with Crippen LogP contribution in [0, 0.1) is 0 Å². The molecule has 0 bridgehead atoms. The van der Waals surface area contributed by atoms with Gasteiger partial charge >= 0.3 is 0 Å². The molecule has 12 heavy (non-hydrogen) atoms. The van der Waals surface area contributed by atoms with Crippen LogP contribution in [-0.4, -0.2) is 44.3 Å². The lowest BCUT2D eigenvalue weighted by molar-refractivity contribution is 0.177. The summed E-state index contributed by atoms with van der Waals surface area (Å²) >= 11 is 0. The number of nitrogens with zero attached hydrogens (tertiary/aromatic N) is 1. The average Bonchev–Trinajstić information content (AvgIpc) is 1.92. The highest BCUT2D eigenvalue weighted by molar-refractivity contribution is 7.88. The molecule has 0 aromatic carbocycles. The van der Waals surface area contributed by atoms with Crippen molar-refractivity contribution >= 4 is 10.0 Å². The monoisotopic (exact) mass is 196 g/mol. The first-order valence-electron chi connectivity index (χ1n) is 3.76. The topological polar surface area (TPSA) is 63.4 Å². The van der Waals surface area contributed by atoms with E-state index >= 15 is 0 Å². The first-order valence-corrected chi connectivity index (χ1v) is 5.61. The molecule has 0 aliphatic carbocycles. The minimum Gasteiger partial charge on any atom is -0.325 e. The predicted molar refractivity (Wildman–Crippen MR) is 43.9 cm³/mol. The van der Waals surface area contributed by atoms with Gasteiger partial charge in [0.25, 0.3) is 0 Å². The molecule has 0 spiro atoms. The van der Waals surface area contributed by atoms with Crippen molar-refractivity contribution in [3.8, 4) is 0 Å². The molecule has 4 nitrogen and oxygen atoms in total. The highest BCUT2D eigenvalue weighted by Crippen LogP contribution is 2.14. The minimum atomic E-state index is -3.24. The summed E-state index contributed by atoms with van der Waals surface area (Å²) in [6, 6.07) is -0.511. The van der Waals surface area contributed by atoms with Crippen molar-refractivity contribution in [1.29, 1.82) is 0 Å². The highest BCUT2D eigenvalue weighted by Gasteiger charge is 2.30. The summed E-state index contributed by atoms with van der Waals surface area (Å²) in [6.07, 6.45) is 0.249. The summed E-state index contributed by atoms with van der Waals surface area (Å²) in [6.45, 7) is 0.237. The van der Waals surface area contributed by atoms with E-state index in [-0.39, 0.29) is 6.54 Å². The molecule has 0 aromatic rings. The van der Waals surface area contributed by atoms with E-state index in [0.717, 1.165) is 10.6 Å². The number of halogens is 1. The zero-order valence-corrected chi connectivity index (χ0v) is 7.72. The van der Waals surface area contributed by atoms with Crippen LogP contribution < -0.4 is 5.73 Å². The molecule has 2 N–H and O–H groups in total. The van der Waals surface area contributed by atoms with Crippen molar-refractivity contribution in [2.24, 2.45) is 5.73 Å². The average molecular weight is 196 g/mol. The summed E-state index contributed by atoms with van der Waals surface area (Å²) in [4.78, 5) is 0. The van der Waals surface area contributed by atoms with E-state index in [2.05, 4.69) is 0 Å². The summed E-state index contributed by atoms with van der Waals surface area (Å²) < 4.78 is 36.0. The molecular formula is C6H13FN2O2S. The zero-order chi connectivity index (χ0) is 9.35. The van der Waals surface area contributed by atoms with Gasteiger partial charge in [0.05, 0.1) is 6.26 Å². The second-order valence-corrected chi connectivity index (χ2v) is 5.07. The number of nitrogens with two attached hydrogens (primary N) is 1. The van der Waals surface area contributed by atoms with Crippen molar-refractivity contribution in [2.75, 3.05) is 19.3 Å². The van der Waals surface area contributed by atoms with Gasteiger partial charge in [0, 0.05) is 19.1 Å². The molecule has 0 radical (unpaired) electrons. The molecule has 0 aromatic heterocycles. The van der Waals surface area contributed by atoms with Crippen LogP contribution in [0.3, 0.4) is 0 Å². The summed E-state index contributed by atoms with van der Waals surface area (Å²) in [7, 11) is -3.24. The van der Waals surface area contributed by atoms with Crippen molar-refractivity contribution in [3.05, 3.63) is 0 Å². The van der Waals surface area contributed by atoms with E-state index < -0.39 is 22.2 Å². The standard InChI is InChI=1S/C6H13FN2O2S/c1-12(10,11)9-3-2-6(8)5(7)4-9/h5-6H,2-4,8H2,1H3/t5-,6+/m0/s1. The zero-order valence-electron chi connectivity index (χ0n) is 6.90. The van der Waals surface area contributed by atoms with Gasteiger partial charge in [-0.3, -0.25) is 0 Å². The maximum atomic E-state index is 12.9. The number of sulfonamides is 1. The maximum absolute atomic E-state index is 12.9. The van der Waals surface area contributed by atoms with Gasteiger partial charge in [-0.1, -0.05) is 0 Å². The van der Waals surface area contributed by atoms with E-state index in [4.69, 9.17) is 5.73 Å². The van der Waals surface area contributed by atoms with Gasteiger partial charge in [0.15, 0.2) is 0 Å². The molecular weight excluding hydrogens is 183 g/mol. The molecule has 2 atom stereocenters. The largest absolute Gasteiger partial charge is 0.325 e. The Morgan fingerprint density at radius 3 is 2.58 bits per heavy atom. The van der Waals surface area contributed by atoms with Gasteiger partial charge < -0.3 is 5.73 Å². The van der Waals surface area contributed by atoms with Gasteiger partial charge in [-0.25, -0.2) is 12.8 Å². The molecule has 1 heterocycles. The van der Waals surface area contributed by atoms with Crippen LogP contribution in [0.25, 0.3) is 0 Å². The first kappa shape index (κ1) is 9.88. The Kier molecular flexibility index (Phi) is 2.70. The molecule has 1 fully saturated rings. The quantitative estimate of drug-likeness (QED) is 0.604. The predicted octanol–water partition coefficient (Wildman–Crippen LogP) is -0.683. The van der Waals surface area contributed by atoms with Gasteiger partial charge in [-0.2, -0.15) is 4.31 Å². The van der Waals surface area contributed by atoms with Crippen molar-refractivity contribution in [1.82, 2.24) is 4.31 Å². The lowest BCUT2D eigenvalue weighted by Gasteiger charge is -2.30. The van der Waals surface area contributed by atoms with Crippen molar-refractivity contribution in [2.45, 2.75) is 18.6 Å². The normalized spacial score (nSPS) is 33.6. The smallest absolute Gasteiger partial charge is 0.211 e. The Morgan fingerprint density at radius 2 is 2.17 bits per heavy atom. The van der Waals surface area contributed by atoms with Crippen LogP contribution in [0.1, 0.15) is 6.42 Å². The second-order valence-electron chi connectivity index (χ2n) is 3.09. The van der Waals surface area contributed by atoms with E-state index in [1.165, 1.54) is 0 Å². The summed E-state index contributed by atoms with van der Waals surface area (Å²) in [5.74, 6) is 0. The fourth-order valence-corrected chi connectivity index (χ4v) is 2.05. The van der Waals surface area contributed by atoms with Crippen LogP contribution in [-0.2, 0) is 10.0 Å². The molecule has 1 rings (SSSR count). The van der Waals surface area contributed by atoms with Crippen molar-refractivity contribution < 1.29 is 12.8 Å². The fraction of sp³-hybridized carbons (Fsp3) is 1.00. The van der Waals surface area contributed by atoms with Gasteiger partial charge in [0.2, 0.25) is 10.0 Å².